The van der Waals surface area contributed by atoms with E-state index in [2.05, 4.69) is 73.8 Å². The second kappa shape index (κ2) is 14.2. The Morgan fingerprint density at radius 3 is 1.91 bits per heavy atom. The fraction of sp³-hybridized carbons (Fsp3) is 0.194. The maximum atomic E-state index is 13.6. The number of nitrogens with one attached hydrogen (secondary N) is 2. The molecule has 1 aromatic heterocycles. The molecule has 0 amide bonds. The summed E-state index contributed by atoms with van der Waals surface area (Å²) in [5.74, 6) is 0.220. The number of aryl methyl sites for hydroxylation is 1. The number of allylic oxidation sites excluding steroid dienone is 1. The second-order valence-electron chi connectivity index (χ2n) is 9.78. The Morgan fingerprint density at radius 2 is 1.44 bits per heavy atom. The summed E-state index contributed by atoms with van der Waals surface area (Å²) in [6.07, 6.45) is 3.68. The Balaban J connectivity index is 1.99. The Morgan fingerprint density at radius 1 is 0.911 bits per heavy atom. The van der Waals surface area contributed by atoms with E-state index in [0.717, 1.165) is 15.9 Å². The summed E-state index contributed by atoms with van der Waals surface area (Å²) in [5, 5.41) is 34.5. The second-order valence-corrected chi connectivity index (χ2v) is 14.6. The van der Waals surface area contributed by atoms with Gasteiger partial charge in [0, 0.05) is 21.0 Å². The van der Waals surface area contributed by atoms with Gasteiger partial charge in [0.05, 0.1) is 19.3 Å². The summed E-state index contributed by atoms with van der Waals surface area (Å²) in [7, 11) is -2.74. The first kappa shape index (κ1) is 32.1. The molecule has 3 aromatic carbocycles. The van der Waals surface area contributed by atoms with Crippen molar-refractivity contribution in [1.29, 1.82) is 0 Å². The molecule has 0 atom stereocenters. The van der Waals surface area contributed by atoms with E-state index in [9.17, 15) is 9.90 Å². The quantitative estimate of drug-likeness (QED) is 0.118. The minimum absolute atomic E-state index is 0.0809. The van der Waals surface area contributed by atoms with Gasteiger partial charge in [0.2, 0.25) is 16.2 Å². The molecule has 0 bridgehead atoms. The number of nitrogens with zero attached hydrogens (tertiary/aromatic N) is 7. The average molecular weight is 661 g/mol. The zero-order valence-corrected chi connectivity index (χ0v) is 28.1. The number of hydrogen-bond acceptors (Lipinski definition) is 10. The van der Waals surface area contributed by atoms with Crippen molar-refractivity contribution in [2.24, 2.45) is 10.2 Å². The first-order valence-electron chi connectivity index (χ1n) is 14.1. The average Bonchev–Trinajstić information content (AvgIpc) is 3.08. The van der Waals surface area contributed by atoms with Crippen LogP contribution in [0.5, 0.6) is 0 Å². The molecule has 1 aliphatic rings. The van der Waals surface area contributed by atoms with Gasteiger partial charge in [0.25, 0.3) is 0 Å². The van der Waals surface area contributed by atoms with Crippen LogP contribution in [0.15, 0.2) is 123 Å². The van der Waals surface area contributed by atoms with Gasteiger partial charge in [-0.15, -0.1) is 25.0 Å². The molecule has 0 saturated heterocycles. The molecule has 0 aliphatic carbocycles. The van der Waals surface area contributed by atoms with E-state index in [1.54, 1.807) is 13.8 Å². The van der Waals surface area contributed by atoms with Crippen LogP contribution in [0.2, 0.25) is 0 Å². The minimum atomic E-state index is -2.74. The van der Waals surface area contributed by atoms with Crippen molar-refractivity contribution in [3.05, 3.63) is 119 Å². The SMILES string of the molecule is CC[N+](/C(=N\n1c(SC)nnc(C)c1=O)NN1C(SC)=NNC(C)=C1O)=P(c1ccccc1)(c1ccccc1)c1ccccc1. The van der Waals surface area contributed by atoms with Crippen molar-refractivity contribution in [2.75, 3.05) is 19.1 Å². The van der Waals surface area contributed by atoms with Crippen molar-refractivity contribution in [2.45, 2.75) is 25.9 Å². The van der Waals surface area contributed by atoms with Gasteiger partial charge >= 0.3 is 11.5 Å². The number of aromatic nitrogens is 3. The summed E-state index contributed by atoms with van der Waals surface area (Å²) in [5.41, 5.74) is 6.49. The molecule has 5 rings (SSSR count). The van der Waals surface area contributed by atoms with E-state index in [4.69, 9.17) is 5.10 Å². The molecule has 0 spiro atoms. The summed E-state index contributed by atoms with van der Waals surface area (Å²) < 4.78 is 3.46. The van der Waals surface area contributed by atoms with Crippen molar-refractivity contribution in [3.8, 4) is 0 Å². The molecule has 0 saturated carbocycles. The molecule has 0 fully saturated rings. The highest BCUT2D eigenvalue weighted by molar-refractivity contribution is 8.13. The van der Waals surface area contributed by atoms with E-state index < -0.39 is 12.6 Å². The third-order valence-corrected chi connectivity index (χ3v) is 12.7. The fourth-order valence-corrected chi connectivity index (χ4v) is 10.2. The Kier molecular flexibility index (Phi) is 10.1. The van der Waals surface area contributed by atoms with Gasteiger partial charge in [0.1, 0.15) is 5.69 Å². The minimum Gasteiger partial charge on any atom is -0.491 e. The van der Waals surface area contributed by atoms with Gasteiger partial charge in [-0.1, -0.05) is 115 Å². The van der Waals surface area contributed by atoms with Gasteiger partial charge in [-0.05, 0) is 33.3 Å². The number of guanidine groups is 1. The van der Waals surface area contributed by atoms with Crippen LogP contribution in [0.3, 0.4) is 0 Å². The van der Waals surface area contributed by atoms with Crippen LogP contribution in [0, 0.1) is 6.92 Å². The molecule has 232 valence electrons. The zero-order valence-electron chi connectivity index (χ0n) is 25.6. The summed E-state index contributed by atoms with van der Waals surface area (Å²) in [6.45, 7) is 5.86. The number of hydrogen-bond donors (Lipinski definition) is 3. The van der Waals surface area contributed by atoms with Gasteiger partial charge in [-0.2, -0.15) is 5.43 Å². The molecule has 0 radical (unpaired) electrons. The molecular formula is C31H35N9O2PS2+. The van der Waals surface area contributed by atoms with Gasteiger partial charge < -0.3 is 5.11 Å². The lowest BCUT2D eigenvalue weighted by Gasteiger charge is -2.32. The maximum absolute atomic E-state index is 13.6. The Bertz CT molecular complexity index is 1780. The molecule has 4 aromatic rings. The molecule has 11 nitrogen and oxygen atoms in total. The molecular weight excluding hydrogens is 626 g/mol. The van der Waals surface area contributed by atoms with Crippen LogP contribution in [-0.4, -0.2) is 59.5 Å². The van der Waals surface area contributed by atoms with Crippen LogP contribution in [0.1, 0.15) is 19.5 Å². The molecule has 45 heavy (non-hydrogen) atoms. The Hall–Kier alpha value is -4.32. The highest BCUT2D eigenvalue weighted by atomic mass is 32.2. The van der Waals surface area contributed by atoms with Crippen molar-refractivity contribution < 1.29 is 9.43 Å². The topological polar surface area (TPSA) is 123 Å². The number of amidine groups is 1. The monoisotopic (exact) mass is 660 g/mol. The van der Waals surface area contributed by atoms with Crippen LogP contribution in [0.25, 0.3) is 0 Å². The zero-order chi connectivity index (χ0) is 32.0. The van der Waals surface area contributed by atoms with Gasteiger partial charge in [-0.3, -0.25) is 10.2 Å². The summed E-state index contributed by atoms with van der Waals surface area (Å²) in [6, 6.07) is 31.0. The predicted octanol–water partition coefficient (Wildman–Crippen LogP) is 3.79. The number of aliphatic hydroxyl groups excluding tert-OH is 1. The highest BCUT2D eigenvalue weighted by Crippen LogP contribution is 2.46. The molecule has 3 N–H and O–H groups in total. The number of thioether (sulfide) groups is 2. The number of aliphatic hydroxyl groups is 1. The van der Waals surface area contributed by atoms with Gasteiger partial charge in [-0.25, -0.2) is 4.33 Å². The number of benzene rings is 3. The van der Waals surface area contributed by atoms with E-state index in [1.165, 1.54) is 33.2 Å². The first-order chi connectivity index (χ1) is 21.9. The van der Waals surface area contributed by atoms with E-state index in [0.29, 0.717) is 28.5 Å². The molecule has 1 aliphatic heterocycles. The lowest BCUT2D eigenvalue weighted by Crippen LogP contribution is -2.52. The van der Waals surface area contributed by atoms with Crippen LogP contribution >= 0.6 is 30.6 Å². The van der Waals surface area contributed by atoms with Crippen LogP contribution in [0.4, 0.5) is 0 Å². The number of hydrazine groups is 1. The first-order valence-corrected chi connectivity index (χ1v) is 18.3. The largest absolute Gasteiger partial charge is 0.491 e. The molecule has 0 unspecified atom stereocenters. The number of rotatable bonds is 7. The Labute approximate surface area is 270 Å². The predicted molar refractivity (Wildman–Crippen MR) is 186 cm³/mol. The van der Waals surface area contributed by atoms with E-state index in [-0.39, 0.29) is 11.6 Å². The van der Waals surface area contributed by atoms with Crippen molar-refractivity contribution in [1.82, 2.24) is 30.7 Å². The molecule has 14 heteroatoms. The van der Waals surface area contributed by atoms with Crippen LogP contribution in [-0.2, 0) is 0 Å². The molecule has 2 heterocycles. The highest BCUT2D eigenvalue weighted by Gasteiger charge is 2.38. The maximum Gasteiger partial charge on any atom is 0.434 e. The smallest absolute Gasteiger partial charge is 0.434 e. The van der Waals surface area contributed by atoms with E-state index in [1.807, 2.05) is 67.1 Å². The van der Waals surface area contributed by atoms with Crippen molar-refractivity contribution in [3.63, 3.8) is 0 Å². The fourth-order valence-electron chi connectivity index (χ4n) is 5.01. The van der Waals surface area contributed by atoms with Crippen LogP contribution < -0.4 is 32.3 Å². The van der Waals surface area contributed by atoms with Gasteiger partial charge in [0.15, 0.2) is 0 Å². The van der Waals surface area contributed by atoms with Crippen molar-refractivity contribution >= 4 is 57.6 Å². The lowest BCUT2D eigenvalue weighted by atomic mass is 10.4. The lowest BCUT2D eigenvalue weighted by molar-refractivity contribution is -0.387. The summed E-state index contributed by atoms with van der Waals surface area (Å²) >= 11 is 2.60. The number of hydrazone groups is 1. The van der Waals surface area contributed by atoms with E-state index >= 15 is 0 Å². The standard InChI is InChI=1S/C31H34N9O2PS2/c1-6-38(43(24-16-10-7-11-17-24,25-18-12-8-13-19-25)26-20-14-9-15-21-26)29(36-39-27(41)22(2)32-34-30(39)44-4)37-40-28(42)23(3)33-35-31(40)45-5/h7-21H,6H2,1-5H3,(H2-,32,33,36,37,41,42)/p+1. The third-order valence-electron chi connectivity index (χ3n) is 7.09. The normalized spacial score (nSPS) is 13.8. The third kappa shape index (κ3) is 6.15. The summed E-state index contributed by atoms with van der Waals surface area (Å²) in [4.78, 5) is 13.6.